The van der Waals surface area contributed by atoms with Crippen LogP contribution in [0.1, 0.15) is 44.1 Å². The van der Waals surface area contributed by atoms with Gasteiger partial charge in [0.1, 0.15) is 0 Å². The number of aliphatic hydroxyl groups is 1. The van der Waals surface area contributed by atoms with Gasteiger partial charge in [-0.1, -0.05) is 49.6 Å². The van der Waals surface area contributed by atoms with Crippen molar-refractivity contribution in [3.8, 4) is 0 Å². The van der Waals surface area contributed by atoms with Gasteiger partial charge in [-0.15, -0.1) is 0 Å². The molecule has 0 unspecified atom stereocenters. The van der Waals surface area contributed by atoms with E-state index in [-0.39, 0.29) is 12.0 Å². The highest BCUT2D eigenvalue weighted by Crippen LogP contribution is 2.27. The highest BCUT2D eigenvalue weighted by atomic mass is 16.3. The Morgan fingerprint density at radius 3 is 2.34 bits per heavy atom. The second-order valence-electron chi connectivity index (χ2n) is 9.16. The molecular weight excluding hydrogens is 362 g/mol. The lowest BCUT2D eigenvalue weighted by Crippen LogP contribution is -2.60. The fourth-order valence-corrected chi connectivity index (χ4v) is 5.40. The van der Waals surface area contributed by atoms with E-state index in [9.17, 15) is 9.90 Å². The average Bonchev–Trinajstić information content (AvgIpc) is 2.79. The van der Waals surface area contributed by atoms with Crippen molar-refractivity contribution < 1.29 is 9.90 Å². The van der Waals surface area contributed by atoms with E-state index in [0.717, 1.165) is 65.0 Å². The van der Waals surface area contributed by atoms with Gasteiger partial charge in [0, 0.05) is 57.8 Å². The number of benzene rings is 1. The Morgan fingerprint density at radius 1 is 0.931 bits per heavy atom. The molecule has 3 fully saturated rings. The van der Waals surface area contributed by atoms with Gasteiger partial charge >= 0.3 is 0 Å². The first-order valence-electron chi connectivity index (χ1n) is 11.7. The molecule has 1 aliphatic carbocycles. The number of hydrogen-bond donors (Lipinski definition) is 1. The highest BCUT2D eigenvalue weighted by molar-refractivity contribution is 5.79. The summed E-state index contributed by atoms with van der Waals surface area (Å²) in [7, 11) is 0. The summed E-state index contributed by atoms with van der Waals surface area (Å²) in [6, 6.07) is 10.9. The molecule has 29 heavy (non-hydrogen) atoms. The SMILES string of the molecule is O=C(C1CCCCC1)N1CC[C@@H](N2CCN(CCc3ccccc3)CC2)[C@H](O)C1. The molecule has 1 saturated carbocycles. The molecule has 2 saturated heterocycles. The molecule has 160 valence electrons. The van der Waals surface area contributed by atoms with E-state index in [4.69, 9.17) is 0 Å². The molecule has 1 amide bonds. The Morgan fingerprint density at radius 2 is 1.66 bits per heavy atom. The minimum absolute atomic E-state index is 0.209. The van der Waals surface area contributed by atoms with Crippen LogP contribution in [0.5, 0.6) is 0 Å². The Hall–Kier alpha value is -1.43. The third-order valence-electron chi connectivity index (χ3n) is 7.25. The van der Waals surface area contributed by atoms with Gasteiger partial charge < -0.3 is 14.9 Å². The van der Waals surface area contributed by atoms with Gasteiger partial charge in [0.05, 0.1) is 6.10 Å². The van der Waals surface area contributed by atoms with Gasteiger partial charge in [-0.3, -0.25) is 9.69 Å². The third kappa shape index (κ3) is 5.39. The van der Waals surface area contributed by atoms with Crippen molar-refractivity contribution in [1.82, 2.24) is 14.7 Å². The zero-order chi connectivity index (χ0) is 20.1. The molecule has 0 radical (unpaired) electrons. The largest absolute Gasteiger partial charge is 0.390 e. The number of piperidine rings is 1. The Bertz CT molecular complexity index is 639. The molecule has 0 spiro atoms. The normalized spacial score (nSPS) is 27.8. The zero-order valence-corrected chi connectivity index (χ0v) is 17.7. The molecule has 1 aromatic rings. The summed E-state index contributed by atoms with van der Waals surface area (Å²) in [5.41, 5.74) is 1.40. The van der Waals surface area contributed by atoms with E-state index in [1.54, 1.807) is 0 Å². The van der Waals surface area contributed by atoms with E-state index in [2.05, 4.69) is 40.1 Å². The first kappa shape index (κ1) is 20.8. The lowest BCUT2D eigenvalue weighted by molar-refractivity contribution is -0.142. The van der Waals surface area contributed by atoms with Crippen molar-refractivity contribution >= 4 is 5.91 Å². The van der Waals surface area contributed by atoms with Crippen LogP contribution < -0.4 is 0 Å². The van der Waals surface area contributed by atoms with Gasteiger partial charge in [-0.05, 0) is 31.2 Å². The van der Waals surface area contributed by atoms with Crippen molar-refractivity contribution in [2.24, 2.45) is 5.92 Å². The number of carbonyl (C=O) groups excluding carboxylic acids is 1. The summed E-state index contributed by atoms with van der Waals surface area (Å²) in [6.07, 6.45) is 7.32. The standard InChI is InChI=1S/C24H37N3O2/c28-23-19-27(24(29)21-9-5-2-6-10-21)14-12-22(23)26-17-15-25(16-18-26)13-11-20-7-3-1-4-8-20/h1,3-4,7-8,21-23,28H,2,5-6,9-19H2/t22-,23-/m1/s1. The van der Waals surface area contributed by atoms with Crippen molar-refractivity contribution in [2.75, 3.05) is 45.8 Å². The van der Waals surface area contributed by atoms with Crippen molar-refractivity contribution in [1.29, 1.82) is 0 Å². The van der Waals surface area contributed by atoms with Crippen LogP contribution in [-0.4, -0.2) is 83.7 Å². The van der Waals surface area contributed by atoms with Gasteiger partial charge in [0.15, 0.2) is 0 Å². The number of piperazine rings is 1. The second kappa shape index (κ2) is 10.1. The molecule has 2 aliphatic heterocycles. The highest BCUT2D eigenvalue weighted by Gasteiger charge is 2.36. The quantitative estimate of drug-likeness (QED) is 0.826. The molecule has 5 nitrogen and oxygen atoms in total. The van der Waals surface area contributed by atoms with Gasteiger partial charge in [-0.2, -0.15) is 0 Å². The number of nitrogens with zero attached hydrogens (tertiary/aromatic N) is 3. The third-order valence-corrected chi connectivity index (χ3v) is 7.25. The van der Waals surface area contributed by atoms with Crippen LogP contribution in [-0.2, 0) is 11.2 Å². The number of aliphatic hydroxyl groups excluding tert-OH is 1. The molecular formula is C24H37N3O2. The molecule has 5 heteroatoms. The first-order chi connectivity index (χ1) is 14.2. The first-order valence-corrected chi connectivity index (χ1v) is 11.7. The fourth-order valence-electron chi connectivity index (χ4n) is 5.40. The van der Waals surface area contributed by atoms with Crippen molar-refractivity contribution in [3.05, 3.63) is 35.9 Å². The average molecular weight is 400 g/mol. The van der Waals surface area contributed by atoms with Crippen LogP contribution in [0.15, 0.2) is 30.3 Å². The molecule has 0 aromatic heterocycles. The molecule has 0 bridgehead atoms. The molecule has 2 heterocycles. The smallest absolute Gasteiger partial charge is 0.225 e. The lowest BCUT2D eigenvalue weighted by atomic mass is 9.87. The molecule has 1 N–H and O–H groups in total. The maximum atomic E-state index is 12.8. The number of rotatable bonds is 5. The molecule has 2 atom stereocenters. The molecule has 1 aromatic carbocycles. The topological polar surface area (TPSA) is 47.0 Å². The predicted octanol–water partition coefficient (Wildman–Crippen LogP) is 2.39. The Labute approximate surface area is 175 Å². The fraction of sp³-hybridized carbons (Fsp3) is 0.708. The van der Waals surface area contributed by atoms with E-state index < -0.39 is 6.10 Å². The van der Waals surface area contributed by atoms with Crippen LogP contribution in [0.3, 0.4) is 0 Å². The van der Waals surface area contributed by atoms with Crippen molar-refractivity contribution in [2.45, 2.75) is 57.1 Å². The Kier molecular flexibility index (Phi) is 7.22. The number of β-amino-alcohol motifs (C(OH)–C–C–N with tert-alkyl or cyclic N) is 1. The van der Waals surface area contributed by atoms with Gasteiger partial charge in [-0.25, -0.2) is 0 Å². The number of amides is 1. The lowest BCUT2D eigenvalue weighted by Gasteiger charge is -2.45. The van der Waals surface area contributed by atoms with Crippen LogP contribution >= 0.6 is 0 Å². The summed E-state index contributed by atoms with van der Waals surface area (Å²) < 4.78 is 0. The summed E-state index contributed by atoms with van der Waals surface area (Å²) in [4.78, 5) is 19.8. The number of hydrogen-bond acceptors (Lipinski definition) is 4. The number of likely N-dealkylation sites (tertiary alicyclic amines) is 1. The van der Waals surface area contributed by atoms with Crippen LogP contribution in [0.4, 0.5) is 0 Å². The minimum atomic E-state index is -0.410. The van der Waals surface area contributed by atoms with Crippen molar-refractivity contribution in [3.63, 3.8) is 0 Å². The van der Waals surface area contributed by atoms with E-state index in [0.29, 0.717) is 12.5 Å². The summed E-state index contributed by atoms with van der Waals surface area (Å²) >= 11 is 0. The summed E-state index contributed by atoms with van der Waals surface area (Å²) in [6.45, 7) is 6.62. The molecule has 4 rings (SSSR count). The maximum absolute atomic E-state index is 12.8. The molecule has 3 aliphatic rings. The van der Waals surface area contributed by atoms with E-state index in [1.807, 2.05) is 4.90 Å². The van der Waals surface area contributed by atoms with E-state index in [1.165, 1.54) is 24.8 Å². The predicted molar refractivity (Wildman–Crippen MR) is 116 cm³/mol. The van der Waals surface area contributed by atoms with Crippen LogP contribution in [0.2, 0.25) is 0 Å². The van der Waals surface area contributed by atoms with Gasteiger partial charge in [0.2, 0.25) is 5.91 Å². The Balaban J connectivity index is 1.21. The number of carbonyl (C=O) groups is 1. The van der Waals surface area contributed by atoms with Crippen LogP contribution in [0.25, 0.3) is 0 Å². The summed E-state index contributed by atoms with van der Waals surface area (Å²) in [5, 5.41) is 10.8. The van der Waals surface area contributed by atoms with Gasteiger partial charge in [0.25, 0.3) is 0 Å². The zero-order valence-electron chi connectivity index (χ0n) is 17.7. The summed E-state index contributed by atoms with van der Waals surface area (Å²) in [5.74, 6) is 0.508. The van der Waals surface area contributed by atoms with Crippen LogP contribution in [0, 0.1) is 5.92 Å². The maximum Gasteiger partial charge on any atom is 0.225 e. The van der Waals surface area contributed by atoms with E-state index >= 15 is 0 Å². The minimum Gasteiger partial charge on any atom is -0.390 e. The second-order valence-corrected chi connectivity index (χ2v) is 9.16. The monoisotopic (exact) mass is 399 g/mol.